The average Bonchev–Trinajstić information content (AvgIpc) is 3.65. The largest absolute Gasteiger partial charge is 0.0797 e. The summed E-state index contributed by atoms with van der Waals surface area (Å²) in [5.41, 5.74) is 1.43. The molecule has 0 aromatic heterocycles. The summed E-state index contributed by atoms with van der Waals surface area (Å²) in [5, 5.41) is 0. The van der Waals surface area contributed by atoms with Crippen LogP contribution in [0.15, 0.2) is 11.6 Å². The molecule has 6 aliphatic carbocycles. The number of fused-ring (bicyclic) bond motifs is 1. The highest BCUT2D eigenvalue weighted by atomic mass is 14.7. The van der Waals surface area contributed by atoms with E-state index in [0.29, 0.717) is 0 Å². The molecule has 0 heterocycles. The van der Waals surface area contributed by atoms with E-state index in [1.807, 2.05) is 0 Å². The minimum atomic E-state index is 0.238. The van der Waals surface area contributed by atoms with E-state index >= 15 is 0 Å². The highest BCUT2D eigenvalue weighted by Gasteiger charge is 2.65. The predicted molar refractivity (Wildman–Crippen MR) is 166 cm³/mol. The van der Waals surface area contributed by atoms with Gasteiger partial charge in [-0.05, 0) is 139 Å². The van der Waals surface area contributed by atoms with E-state index in [0.717, 1.165) is 0 Å². The maximum Gasteiger partial charge on any atom is 0.0169 e. The van der Waals surface area contributed by atoms with Crippen LogP contribution in [0, 0.1) is 156 Å². The molecular weight excluding hydrogens is 480 g/mol. The minimum absolute atomic E-state index is 0.238. The molecule has 5 saturated carbocycles. The monoisotopic (exact) mass is 523 g/mol. The second kappa shape index (κ2) is 10.7. The van der Waals surface area contributed by atoms with Gasteiger partial charge in [-0.25, -0.2) is 0 Å². The van der Waals surface area contributed by atoms with Crippen LogP contribution in [0.3, 0.4) is 0 Å². The Morgan fingerprint density at radius 2 is 0.775 bits per heavy atom. The zero-order chi connectivity index (χ0) is 28.9. The van der Waals surface area contributed by atoms with Gasteiger partial charge in [0.25, 0.3) is 0 Å². The molecule has 0 aromatic carbocycles. The van der Waals surface area contributed by atoms with E-state index in [-0.39, 0.29) is 5.92 Å². The first-order valence-corrected chi connectivity index (χ1v) is 14.8. The second-order valence-corrected chi connectivity index (χ2v) is 12.9. The van der Waals surface area contributed by atoms with Gasteiger partial charge in [-0.2, -0.15) is 0 Å². The van der Waals surface area contributed by atoms with E-state index in [2.05, 4.69) is 121 Å². The van der Waals surface area contributed by atoms with Crippen molar-refractivity contribution in [3.05, 3.63) is 162 Å². The summed E-state index contributed by atoms with van der Waals surface area (Å²) >= 11 is 0. The standard InChI is InChI=1S/C40H43/c1-19-13-23(5)35(27(19)9)31-17-32(36-24(6)14-20(2)28(36)10)40-34(38-26(8)16-22(4)30(38)12)18-33(39(31)40)37-25(7)15-21(3)29(37)11/h13-18,31H,1-12H3. The van der Waals surface area contributed by atoms with Gasteiger partial charge in [0.15, 0.2) is 0 Å². The molecule has 0 spiro atoms. The molecule has 5 fully saturated rings. The summed E-state index contributed by atoms with van der Waals surface area (Å²) in [7, 11) is 0. The van der Waals surface area contributed by atoms with Crippen LogP contribution in [0.1, 0.15) is 83.1 Å². The van der Waals surface area contributed by atoms with Crippen molar-refractivity contribution in [2.75, 3.05) is 0 Å². The van der Waals surface area contributed by atoms with E-state index in [9.17, 15) is 0 Å². The topological polar surface area (TPSA) is 0 Å². The first kappa shape index (κ1) is 29.8. The third-order valence-corrected chi connectivity index (χ3v) is 10.4. The van der Waals surface area contributed by atoms with Crippen LogP contribution in [0.4, 0.5) is 0 Å². The predicted octanol–water partition coefficient (Wildman–Crippen LogP) is 9.36. The lowest BCUT2D eigenvalue weighted by atomic mass is 9.64. The fourth-order valence-electron chi connectivity index (χ4n) is 8.10. The van der Waals surface area contributed by atoms with Gasteiger partial charge in [0, 0.05) is 17.8 Å². The molecule has 0 nitrogen and oxygen atoms in total. The lowest BCUT2D eigenvalue weighted by Crippen LogP contribution is -2.29. The first-order valence-electron chi connectivity index (χ1n) is 14.8. The van der Waals surface area contributed by atoms with Gasteiger partial charge in [-0.1, -0.05) is 94.7 Å². The molecule has 0 amide bonds. The van der Waals surface area contributed by atoms with Gasteiger partial charge in [0.2, 0.25) is 0 Å². The molecule has 25 radical (unpaired) electrons. The molecule has 0 aromatic rings. The normalized spacial score (nSPS) is 34.9. The summed E-state index contributed by atoms with van der Waals surface area (Å²) < 4.78 is 0. The number of rotatable bonds is 4. The Labute approximate surface area is 250 Å². The van der Waals surface area contributed by atoms with Gasteiger partial charge in [0.05, 0.1) is 0 Å². The fourth-order valence-corrected chi connectivity index (χ4v) is 8.10. The average molecular weight is 524 g/mol. The summed E-state index contributed by atoms with van der Waals surface area (Å²) in [6.45, 7) is 27.5. The molecule has 6 aliphatic rings. The molecule has 40 heavy (non-hydrogen) atoms. The first-order chi connectivity index (χ1) is 18.8. The maximum absolute atomic E-state index is 2.63. The van der Waals surface area contributed by atoms with Gasteiger partial charge in [-0.15, -0.1) is 0 Å². The van der Waals surface area contributed by atoms with E-state index in [1.54, 1.807) is 0 Å². The lowest BCUT2D eigenvalue weighted by molar-refractivity contribution is 0.680. The Kier molecular flexibility index (Phi) is 7.99. The zero-order valence-electron chi connectivity index (χ0n) is 26.5. The number of hydrogen-bond donors (Lipinski definition) is 0. The van der Waals surface area contributed by atoms with E-state index in [1.165, 1.54) is 124 Å². The Hall–Kier alpha value is -0.260. The van der Waals surface area contributed by atoms with Gasteiger partial charge >= 0.3 is 0 Å². The molecule has 0 aliphatic heterocycles. The van der Waals surface area contributed by atoms with Crippen molar-refractivity contribution in [1.82, 2.24) is 0 Å². The molecular formula is C40H43. The Balaban J connectivity index is 1.48. The van der Waals surface area contributed by atoms with Gasteiger partial charge in [-0.3, -0.25) is 0 Å². The third kappa shape index (κ3) is 4.39. The highest BCUT2D eigenvalue weighted by Crippen LogP contribution is 2.74. The van der Waals surface area contributed by atoms with Crippen LogP contribution in [0.2, 0.25) is 0 Å². The van der Waals surface area contributed by atoms with Crippen LogP contribution in [0.25, 0.3) is 0 Å². The molecule has 6 rings (SSSR count). The van der Waals surface area contributed by atoms with E-state index < -0.39 is 0 Å². The van der Waals surface area contributed by atoms with Crippen LogP contribution >= 0.6 is 0 Å². The summed E-state index contributed by atoms with van der Waals surface area (Å²) in [4.78, 5) is 0. The fraction of sp³-hybridized carbons (Fsp3) is 0.325. The summed E-state index contributed by atoms with van der Waals surface area (Å²) in [6.07, 6.45) is 14.7. The number of allylic oxidation sites excluding steroid dienone is 2. The van der Waals surface area contributed by atoms with Gasteiger partial charge in [0.1, 0.15) is 0 Å². The Morgan fingerprint density at radius 3 is 1.20 bits per heavy atom. The maximum atomic E-state index is 2.63. The lowest BCUT2D eigenvalue weighted by Gasteiger charge is -2.37. The van der Waals surface area contributed by atoms with Crippen LogP contribution in [-0.4, -0.2) is 0 Å². The third-order valence-electron chi connectivity index (χ3n) is 10.4. The quantitative estimate of drug-likeness (QED) is 0.344. The van der Waals surface area contributed by atoms with Crippen molar-refractivity contribution in [3.63, 3.8) is 0 Å². The molecule has 0 bridgehead atoms. The van der Waals surface area contributed by atoms with Crippen molar-refractivity contribution in [2.24, 2.45) is 5.92 Å². The van der Waals surface area contributed by atoms with Crippen molar-refractivity contribution >= 4 is 0 Å². The van der Waals surface area contributed by atoms with Crippen molar-refractivity contribution < 1.29 is 0 Å². The van der Waals surface area contributed by atoms with Crippen molar-refractivity contribution in [3.8, 4) is 0 Å². The van der Waals surface area contributed by atoms with Crippen LogP contribution in [0.5, 0.6) is 0 Å². The van der Waals surface area contributed by atoms with Crippen LogP contribution in [-0.2, 0) is 0 Å². The smallest absolute Gasteiger partial charge is 0.0169 e. The summed E-state index contributed by atoms with van der Waals surface area (Å²) in [6, 6.07) is 0. The Bertz CT molecular complexity index is 944. The van der Waals surface area contributed by atoms with Crippen molar-refractivity contribution in [2.45, 2.75) is 83.1 Å². The second-order valence-electron chi connectivity index (χ2n) is 12.9. The van der Waals surface area contributed by atoms with E-state index in [4.69, 9.17) is 0 Å². The van der Waals surface area contributed by atoms with Crippen molar-refractivity contribution in [1.29, 1.82) is 0 Å². The van der Waals surface area contributed by atoms with Crippen LogP contribution < -0.4 is 0 Å². The summed E-state index contributed by atoms with van der Waals surface area (Å²) in [5.74, 6) is 28.7. The molecule has 0 saturated heterocycles. The SMILES string of the molecule is C[C]1[CH][C](C)[C]([C]2[CH][C]([C]3[C](C)[CH][C](C)[C]3C)[C]3[C]2C([C]2[C](C)[CH][C](C)[C]2C)=CC3[C]2[C](C)[CH][C](C)[C]2C)[C]1C. The number of hydrogen-bond acceptors (Lipinski definition) is 0. The molecule has 203 valence electrons. The molecule has 0 heteroatoms. The minimum Gasteiger partial charge on any atom is -0.0797 e. The van der Waals surface area contributed by atoms with Gasteiger partial charge < -0.3 is 0 Å². The molecule has 0 N–H and O–H groups in total. The zero-order valence-corrected chi connectivity index (χ0v) is 26.5. The molecule has 1 unspecified atom stereocenters. The highest BCUT2D eigenvalue weighted by molar-refractivity contribution is 5.87. The Morgan fingerprint density at radius 1 is 0.350 bits per heavy atom. The molecule has 1 atom stereocenters.